The first kappa shape index (κ1) is 12.1. The molecule has 2 atom stereocenters. The third kappa shape index (κ3) is 2.55. The van der Waals surface area contributed by atoms with Crippen LogP contribution in [-0.4, -0.2) is 41.7 Å². The van der Waals surface area contributed by atoms with Gasteiger partial charge in [0.05, 0.1) is 11.1 Å². The molecule has 1 aromatic rings. The maximum absolute atomic E-state index is 11.9. The van der Waals surface area contributed by atoms with Gasteiger partial charge in [-0.1, -0.05) is 0 Å². The van der Waals surface area contributed by atoms with Crippen LogP contribution in [0.3, 0.4) is 0 Å². The van der Waals surface area contributed by atoms with Crippen LogP contribution in [-0.2, 0) is 0 Å². The van der Waals surface area contributed by atoms with E-state index in [0.29, 0.717) is 24.7 Å². The van der Waals surface area contributed by atoms with Gasteiger partial charge in [0.15, 0.2) is 0 Å². The summed E-state index contributed by atoms with van der Waals surface area (Å²) < 4.78 is 0. The average molecular weight is 267 g/mol. The second kappa shape index (κ2) is 4.95. The normalized spacial score (nSPS) is 27.4. The Morgan fingerprint density at radius 3 is 3.06 bits per heavy atom. The van der Waals surface area contributed by atoms with Gasteiger partial charge in [0.2, 0.25) is 0 Å². The molecular weight excluding hydrogens is 250 g/mol. The molecule has 1 aliphatic heterocycles. The molecule has 0 bridgehead atoms. The average Bonchev–Trinajstić information content (AvgIpc) is 2.95. The lowest BCUT2D eigenvalue weighted by molar-refractivity contribution is 0.0922. The summed E-state index contributed by atoms with van der Waals surface area (Å²) in [6, 6.07) is 0. The van der Waals surface area contributed by atoms with Crippen molar-refractivity contribution in [3.05, 3.63) is 16.1 Å². The molecule has 5 nitrogen and oxygen atoms in total. The number of hydrogen-bond acceptors (Lipinski definition) is 5. The Bertz CT molecular complexity index is 444. The Morgan fingerprint density at radius 2 is 2.39 bits per heavy atom. The molecule has 3 rings (SSSR count). The summed E-state index contributed by atoms with van der Waals surface area (Å²) in [6.07, 6.45) is 2.05. The summed E-state index contributed by atoms with van der Waals surface area (Å²) >= 11 is 1.57. The van der Waals surface area contributed by atoms with Crippen LogP contribution in [0, 0.1) is 5.92 Å². The number of carbonyl (C=O) groups excluding carboxylic acids is 1. The molecule has 1 saturated carbocycles. The summed E-state index contributed by atoms with van der Waals surface area (Å²) in [5.41, 5.74) is 0.516. The molecule has 1 aromatic heterocycles. The largest absolute Gasteiger partial charge is 0.391 e. The predicted molar refractivity (Wildman–Crippen MR) is 68.8 cm³/mol. The van der Waals surface area contributed by atoms with E-state index in [-0.39, 0.29) is 17.9 Å². The third-order valence-corrected chi connectivity index (χ3v) is 4.52. The number of hydrogen-bond donors (Lipinski definition) is 3. The minimum Gasteiger partial charge on any atom is -0.391 e. The number of aliphatic hydroxyl groups is 1. The van der Waals surface area contributed by atoms with Gasteiger partial charge in [0.1, 0.15) is 5.69 Å². The smallest absolute Gasteiger partial charge is 0.270 e. The number of aromatic nitrogens is 1. The molecule has 2 unspecified atom stereocenters. The molecule has 0 spiro atoms. The second-order valence-corrected chi connectivity index (χ2v) is 5.93. The van der Waals surface area contributed by atoms with Crippen molar-refractivity contribution in [1.29, 1.82) is 0 Å². The van der Waals surface area contributed by atoms with Crippen LogP contribution in [0.2, 0.25) is 0 Å². The molecule has 0 aromatic carbocycles. The fourth-order valence-corrected chi connectivity index (χ4v) is 3.12. The van der Waals surface area contributed by atoms with Crippen molar-refractivity contribution in [2.45, 2.75) is 24.9 Å². The highest BCUT2D eigenvalue weighted by Crippen LogP contribution is 2.41. The molecule has 3 N–H and O–H groups in total. The van der Waals surface area contributed by atoms with Gasteiger partial charge >= 0.3 is 0 Å². The zero-order valence-electron chi connectivity index (χ0n) is 10.1. The molecule has 2 heterocycles. The SMILES string of the molecule is O=C(NCC1CNCC1O)c1csc(C2CC2)n1. The van der Waals surface area contributed by atoms with E-state index in [1.165, 1.54) is 12.8 Å². The number of amides is 1. The molecule has 98 valence electrons. The van der Waals surface area contributed by atoms with Crippen LogP contribution in [0.4, 0.5) is 0 Å². The van der Waals surface area contributed by atoms with E-state index in [0.717, 1.165) is 11.6 Å². The number of β-amino-alcohol motifs (C(OH)–C–C–N with tert-alkyl or cyclic N) is 1. The number of carbonyl (C=O) groups is 1. The Kier molecular flexibility index (Phi) is 3.32. The van der Waals surface area contributed by atoms with E-state index in [1.54, 1.807) is 11.3 Å². The molecule has 1 saturated heterocycles. The first-order valence-electron chi connectivity index (χ1n) is 6.36. The topological polar surface area (TPSA) is 74.2 Å². The number of rotatable bonds is 4. The Balaban J connectivity index is 1.53. The highest BCUT2D eigenvalue weighted by atomic mass is 32.1. The molecule has 2 fully saturated rings. The van der Waals surface area contributed by atoms with Crippen LogP contribution < -0.4 is 10.6 Å². The summed E-state index contributed by atoms with van der Waals surface area (Å²) in [5.74, 6) is 0.574. The van der Waals surface area contributed by atoms with Crippen LogP contribution in [0.25, 0.3) is 0 Å². The maximum atomic E-state index is 11.9. The van der Waals surface area contributed by atoms with Crippen molar-refractivity contribution in [2.24, 2.45) is 5.92 Å². The Morgan fingerprint density at radius 1 is 1.56 bits per heavy atom. The highest BCUT2D eigenvalue weighted by molar-refractivity contribution is 7.10. The van der Waals surface area contributed by atoms with Crippen LogP contribution in [0.1, 0.15) is 34.3 Å². The lowest BCUT2D eigenvalue weighted by atomic mass is 10.1. The van der Waals surface area contributed by atoms with Crippen molar-refractivity contribution in [2.75, 3.05) is 19.6 Å². The van der Waals surface area contributed by atoms with Crippen molar-refractivity contribution >= 4 is 17.2 Å². The van der Waals surface area contributed by atoms with Gasteiger partial charge in [-0.3, -0.25) is 4.79 Å². The van der Waals surface area contributed by atoms with Crippen LogP contribution >= 0.6 is 11.3 Å². The van der Waals surface area contributed by atoms with Gasteiger partial charge < -0.3 is 15.7 Å². The monoisotopic (exact) mass is 267 g/mol. The van der Waals surface area contributed by atoms with E-state index >= 15 is 0 Å². The zero-order chi connectivity index (χ0) is 12.5. The standard InChI is InChI=1S/C12H17N3O2S/c16-10-5-13-3-8(10)4-14-11(17)9-6-18-12(15-9)7-1-2-7/h6-8,10,13,16H,1-5H2,(H,14,17). The lowest BCUT2D eigenvalue weighted by Gasteiger charge is -2.13. The van der Waals surface area contributed by atoms with Gasteiger partial charge in [0, 0.05) is 36.9 Å². The zero-order valence-corrected chi connectivity index (χ0v) is 10.9. The molecule has 1 amide bonds. The fraction of sp³-hybridized carbons (Fsp3) is 0.667. The number of nitrogens with one attached hydrogen (secondary N) is 2. The van der Waals surface area contributed by atoms with E-state index in [9.17, 15) is 9.90 Å². The quantitative estimate of drug-likeness (QED) is 0.735. The van der Waals surface area contributed by atoms with Crippen molar-refractivity contribution < 1.29 is 9.90 Å². The molecule has 6 heteroatoms. The number of nitrogens with zero attached hydrogens (tertiary/aromatic N) is 1. The Labute approximate surface area is 110 Å². The summed E-state index contributed by atoms with van der Waals surface area (Å²) in [7, 11) is 0. The van der Waals surface area contributed by atoms with Crippen molar-refractivity contribution in [3.63, 3.8) is 0 Å². The van der Waals surface area contributed by atoms with Gasteiger partial charge in [-0.25, -0.2) is 4.98 Å². The third-order valence-electron chi connectivity index (χ3n) is 3.51. The minimum atomic E-state index is -0.359. The number of aliphatic hydroxyl groups excluding tert-OH is 1. The highest BCUT2D eigenvalue weighted by Gasteiger charge is 2.28. The van der Waals surface area contributed by atoms with Gasteiger partial charge in [-0.15, -0.1) is 11.3 Å². The van der Waals surface area contributed by atoms with Crippen LogP contribution in [0.15, 0.2) is 5.38 Å². The van der Waals surface area contributed by atoms with E-state index in [1.807, 2.05) is 5.38 Å². The first-order chi connectivity index (χ1) is 8.74. The molecular formula is C12H17N3O2S. The summed E-state index contributed by atoms with van der Waals surface area (Å²) in [5, 5.41) is 18.5. The van der Waals surface area contributed by atoms with Crippen molar-refractivity contribution in [3.8, 4) is 0 Å². The van der Waals surface area contributed by atoms with Gasteiger partial charge in [-0.2, -0.15) is 0 Å². The molecule has 0 radical (unpaired) electrons. The summed E-state index contributed by atoms with van der Waals surface area (Å²) in [6.45, 7) is 1.87. The minimum absolute atomic E-state index is 0.107. The summed E-state index contributed by atoms with van der Waals surface area (Å²) in [4.78, 5) is 16.3. The predicted octanol–water partition coefficient (Wildman–Crippen LogP) is 0.331. The van der Waals surface area contributed by atoms with E-state index < -0.39 is 0 Å². The lowest BCUT2D eigenvalue weighted by Crippen LogP contribution is -2.34. The Hall–Kier alpha value is -0.980. The molecule has 2 aliphatic rings. The van der Waals surface area contributed by atoms with Crippen LogP contribution in [0.5, 0.6) is 0 Å². The second-order valence-electron chi connectivity index (χ2n) is 5.04. The first-order valence-corrected chi connectivity index (χ1v) is 7.24. The maximum Gasteiger partial charge on any atom is 0.270 e. The van der Waals surface area contributed by atoms with Crippen molar-refractivity contribution in [1.82, 2.24) is 15.6 Å². The van der Waals surface area contributed by atoms with E-state index in [2.05, 4.69) is 15.6 Å². The van der Waals surface area contributed by atoms with Gasteiger partial charge in [-0.05, 0) is 12.8 Å². The molecule has 18 heavy (non-hydrogen) atoms. The van der Waals surface area contributed by atoms with E-state index in [4.69, 9.17) is 0 Å². The molecule has 1 aliphatic carbocycles. The van der Waals surface area contributed by atoms with Gasteiger partial charge in [0.25, 0.3) is 5.91 Å². The number of thiazole rings is 1. The fourth-order valence-electron chi connectivity index (χ4n) is 2.15.